The highest BCUT2D eigenvalue weighted by atomic mass is 32.2. The first kappa shape index (κ1) is 12.6. The van der Waals surface area contributed by atoms with Crippen LogP contribution in [-0.2, 0) is 12.3 Å². The molecule has 1 rings (SSSR count). The molecule has 1 nitrogen and oxygen atoms in total. The maximum atomic E-state index is 5.62. The molecule has 0 spiro atoms. The van der Waals surface area contributed by atoms with Gasteiger partial charge in [-0.2, -0.15) is 11.8 Å². The lowest BCUT2D eigenvalue weighted by molar-refractivity contribution is 0.642. The maximum Gasteiger partial charge on any atom is 0.0187 e. The Bertz CT molecular complexity index is 296. The van der Waals surface area contributed by atoms with Crippen LogP contribution in [0.15, 0.2) is 24.3 Å². The molecule has 0 amide bonds. The van der Waals surface area contributed by atoms with Crippen LogP contribution >= 0.6 is 11.8 Å². The zero-order valence-corrected chi connectivity index (χ0v) is 10.7. The van der Waals surface area contributed by atoms with Gasteiger partial charge >= 0.3 is 0 Å². The van der Waals surface area contributed by atoms with Gasteiger partial charge in [0.05, 0.1) is 0 Å². The second-order valence-electron chi connectivity index (χ2n) is 4.28. The number of hydrogen-bond acceptors (Lipinski definition) is 2. The third-order valence-electron chi connectivity index (χ3n) is 2.68. The van der Waals surface area contributed by atoms with Gasteiger partial charge in [0.2, 0.25) is 0 Å². The Balaban J connectivity index is 2.50. The molecule has 0 bridgehead atoms. The number of hydrogen-bond donors (Lipinski definition) is 1. The average Bonchev–Trinajstić information content (AvgIpc) is 2.26. The molecule has 2 heteroatoms. The average molecular weight is 223 g/mol. The summed E-state index contributed by atoms with van der Waals surface area (Å²) in [7, 11) is 0. The van der Waals surface area contributed by atoms with E-state index in [2.05, 4.69) is 45.0 Å². The lowest BCUT2D eigenvalue weighted by atomic mass is 10.1. The van der Waals surface area contributed by atoms with Gasteiger partial charge in [-0.1, -0.05) is 45.0 Å². The summed E-state index contributed by atoms with van der Waals surface area (Å²) in [5.41, 5.74) is 8.23. The predicted octanol–water partition coefficient (Wildman–Crippen LogP) is 3.42. The lowest BCUT2D eigenvalue weighted by Crippen LogP contribution is -2.06. The first-order chi connectivity index (χ1) is 7.13. The van der Waals surface area contributed by atoms with E-state index in [-0.39, 0.29) is 0 Å². The molecule has 1 aromatic rings. The molecule has 0 saturated heterocycles. The normalized spacial score (nSPS) is 13.1. The summed E-state index contributed by atoms with van der Waals surface area (Å²) in [5, 5.41) is 0.714. The zero-order chi connectivity index (χ0) is 11.3. The van der Waals surface area contributed by atoms with Crippen molar-refractivity contribution in [2.75, 3.05) is 0 Å². The van der Waals surface area contributed by atoms with Gasteiger partial charge in [-0.05, 0) is 17.0 Å². The summed E-state index contributed by atoms with van der Waals surface area (Å²) in [4.78, 5) is 0. The number of nitrogens with two attached hydrogens (primary N) is 1. The van der Waals surface area contributed by atoms with E-state index in [9.17, 15) is 0 Å². The van der Waals surface area contributed by atoms with Crippen LogP contribution in [0.2, 0.25) is 0 Å². The standard InChI is InChI=1S/C13H21NS/c1-10(2)11(3)15-9-13-6-4-5-12(7-13)8-14/h4-7,10-11H,8-9,14H2,1-3H3. The molecule has 84 valence electrons. The van der Waals surface area contributed by atoms with E-state index >= 15 is 0 Å². The number of thioether (sulfide) groups is 1. The van der Waals surface area contributed by atoms with Gasteiger partial charge in [0.25, 0.3) is 0 Å². The van der Waals surface area contributed by atoms with Crippen LogP contribution in [0.3, 0.4) is 0 Å². The summed E-state index contributed by atoms with van der Waals surface area (Å²) in [6, 6.07) is 8.57. The Hall–Kier alpha value is -0.470. The summed E-state index contributed by atoms with van der Waals surface area (Å²) >= 11 is 2.02. The lowest BCUT2D eigenvalue weighted by Gasteiger charge is -2.14. The Morgan fingerprint density at radius 2 is 1.87 bits per heavy atom. The van der Waals surface area contributed by atoms with Crippen molar-refractivity contribution in [3.05, 3.63) is 35.4 Å². The molecule has 0 aliphatic rings. The van der Waals surface area contributed by atoms with Gasteiger partial charge in [-0.15, -0.1) is 0 Å². The Kier molecular flexibility index (Phi) is 5.20. The molecule has 0 fully saturated rings. The molecule has 1 unspecified atom stereocenters. The fourth-order valence-electron chi connectivity index (χ4n) is 1.27. The summed E-state index contributed by atoms with van der Waals surface area (Å²) < 4.78 is 0. The first-order valence-corrected chi connectivity index (χ1v) is 6.58. The van der Waals surface area contributed by atoms with Gasteiger partial charge in [0, 0.05) is 17.5 Å². The van der Waals surface area contributed by atoms with Crippen molar-refractivity contribution in [1.29, 1.82) is 0 Å². The predicted molar refractivity (Wildman–Crippen MR) is 69.9 cm³/mol. The molecule has 0 saturated carbocycles. The van der Waals surface area contributed by atoms with Crippen molar-refractivity contribution in [2.45, 2.75) is 38.3 Å². The van der Waals surface area contributed by atoms with E-state index in [1.54, 1.807) is 0 Å². The topological polar surface area (TPSA) is 26.0 Å². The molecule has 0 heterocycles. The van der Waals surface area contributed by atoms with Crippen molar-refractivity contribution >= 4 is 11.8 Å². The van der Waals surface area contributed by atoms with Gasteiger partial charge in [-0.25, -0.2) is 0 Å². The van der Waals surface area contributed by atoms with Crippen molar-refractivity contribution < 1.29 is 0 Å². The van der Waals surface area contributed by atoms with Crippen LogP contribution in [0.25, 0.3) is 0 Å². The SMILES string of the molecule is CC(C)C(C)SCc1cccc(CN)c1. The molecule has 0 radical (unpaired) electrons. The van der Waals surface area contributed by atoms with Crippen molar-refractivity contribution in [3.8, 4) is 0 Å². The molecule has 2 N–H and O–H groups in total. The molecule has 1 atom stereocenters. The molecule has 1 aromatic carbocycles. The largest absolute Gasteiger partial charge is 0.326 e. The van der Waals surface area contributed by atoms with Gasteiger partial charge < -0.3 is 5.73 Å². The summed E-state index contributed by atoms with van der Waals surface area (Å²) in [6.07, 6.45) is 0. The van der Waals surface area contributed by atoms with E-state index in [1.807, 2.05) is 11.8 Å². The minimum Gasteiger partial charge on any atom is -0.326 e. The van der Waals surface area contributed by atoms with Crippen LogP contribution in [0.1, 0.15) is 31.9 Å². The van der Waals surface area contributed by atoms with Crippen molar-refractivity contribution in [2.24, 2.45) is 11.7 Å². The maximum absolute atomic E-state index is 5.62. The molecular weight excluding hydrogens is 202 g/mol. The fourth-order valence-corrected chi connectivity index (χ4v) is 2.29. The third-order valence-corrected chi connectivity index (χ3v) is 4.25. The highest BCUT2D eigenvalue weighted by Gasteiger charge is 2.07. The number of benzene rings is 1. The Labute approximate surface area is 97.4 Å². The van der Waals surface area contributed by atoms with E-state index in [1.165, 1.54) is 11.1 Å². The molecule has 15 heavy (non-hydrogen) atoms. The van der Waals surface area contributed by atoms with Gasteiger partial charge in [0.15, 0.2) is 0 Å². The van der Waals surface area contributed by atoms with E-state index < -0.39 is 0 Å². The van der Waals surface area contributed by atoms with Crippen LogP contribution in [0, 0.1) is 5.92 Å². The molecule has 0 aliphatic carbocycles. The minimum atomic E-state index is 0.637. The monoisotopic (exact) mass is 223 g/mol. The first-order valence-electron chi connectivity index (χ1n) is 5.53. The van der Waals surface area contributed by atoms with Crippen LogP contribution in [-0.4, -0.2) is 5.25 Å². The van der Waals surface area contributed by atoms with E-state index in [4.69, 9.17) is 5.73 Å². The van der Waals surface area contributed by atoms with Gasteiger partial charge in [-0.3, -0.25) is 0 Å². The highest BCUT2D eigenvalue weighted by Crippen LogP contribution is 2.23. The second kappa shape index (κ2) is 6.19. The highest BCUT2D eigenvalue weighted by molar-refractivity contribution is 7.99. The van der Waals surface area contributed by atoms with Crippen molar-refractivity contribution in [3.63, 3.8) is 0 Å². The minimum absolute atomic E-state index is 0.637. The summed E-state index contributed by atoms with van der Waals surface area (Å²) in [6.45, 7) is 7.47. The Morgan fingerprint density at radius 1 is 1.20 bits per heavy atom. The zero-order valence-electron chi connectivity index (χ0n) is 9.86. The summed E-state index contributed by atoms with van der Waals surface area (Å²) in [5.74, 6) is 1.83. The van der Waals surface area contributed by atoms with E-state index in [0.717, 1.165) is 11.7 Å². The molecular formula is C13H21NS. The van der Waals surface area contributed by atoms with Gasteiger partial charge in [0.1, 0.15) is 0 Å². The smallest absolute Gasteiger partial charge is 0.0187 e. The van der Waals surface area contributed by atoms with Crippen molar-refractivity contribution in [1.82, 2.24) is 0 Å². The molecule has 0 aromatic heterocycles. The molecule has 0 aliphatic heterocycles. The van der Waals surface area contributed by atoms with E-state index in [0.29, 0.717) is 11.8 Å². The fraction of sp³-hybridized carbons (Fsp3) is 0.538. The van der Waals surface area contributed by atoms with Crippen LogP contribution in [0.4, 0.5) is 0 Å². The third kappa shape index (κ3) is 4.27. The Morgan fingerprint density at radius 3 is 2.47 bits per heavy atom. The van der Waals surface area contributed by atoms with Crippen LogP contribution in [0.5, 0.6) is 0 Å². The second-order valence-corrected chi connectivity index (χ2v) is 5.65. The van der Waals surface area contributed by atoms with Crippen LogP contribution < -0.4 is 5.73 Å². The number of rotatable bonds is 5. The quantitative estimate of drug-likeness (QED) is 0.827.